The highest BCUT2D eigenvalue weighted by Gasteiger charge is 2.17. The maximum atomic E-state index is 5.41. The first-order chi connectivity index (χ1) is 6.34. The van der Waals surface area contributed by atoms with Crippen LogP contribution in [0.15, 0.2) is 29.7 Å². The quantitative estimate of drug-likeness (QED) is 0.655. The van der Waals surface area contributed by atoms with Gasteiger partial charge >= 0.3 is 0 Å². The highest BCUT2D eigenvalue weighted by atomic mass is 16.7. The van der Waals surface area contributed by atoms with Crippen LogP contribution in [0, 0.1) is 0 Å². The van der Waals surface area contributed by atoms with E-state index in [-0.39, 0.29) is 6.10 Å². The number of hydrogen-bond acceptors (Lipinski definition) is 4. The van der Waals surface area contributed by atoms with Crippen LogP contribution in [-0.2, 0) is 4.84 Å². The van der Waals surface area contributed by atoms with Gasteiger partial charge in [0.2, 0.25) is 5.90 Å². The predicted molar refractivity (Wildman–Crippen MR) is 47.5 cm³/mol. The van der Waals surface area contributed by atoms with Gasteiger partial charge in [-0.25, -0.2) is 0 Å². The van der Waals surface area contributed by atoms with Crippen LogP contribution in [0.3, 0.4) is 0 Å². The molecule has 1 atom stereocenters. The van der Waals surface area contributed by atoms with Crippen molar-refractivity contribution in [3.8, 4) is 5.75 Å². The second-order valence-electron chi connectivity index (χ2n) is 2.90. The molecule has 2 rings (SSSR count). The van der Waals surface area contributed by atoms with Crippen molar-refractivity contribution in [2.24, 2.45) is 5.16 Å². The van der Waals surface area contributed by atoms with Gasteiger partial charge in [-0.2, -0.15) is 0 Å². The smallest absolute Gasteiger partial charge is 0.235 e. The lowest BCUT2D eigenvalue weighted by atomic mass is 10.3. The zero-order chi connectivity index (χ0) is 9.10. The summed E-state index contributed by atoms with van der Waals surface area (Å²) < 4.78 is 5.41. The fourth-order valence-corrected chi connectivity index (χ4v) is 1.07. The Balaban J connectivity index is 2.00. The molecule has 2 heterocycles. The molecule has 4 nitrogen and oxygen atoms in total. The third-order valence-corrected chi connectivity index (χ3v) is 1.67. The minimum Gasteiger partial charge on any atom is -0.438 e. The third-order valence-electron chi connectivity index (χ3n) is 1.67. The van der Waals surface area contributed by atoms with Gasteiger partial charge in [-0.3, -0.25) is 4.98 Å². The second-order valence-corrected chi connectivity index (χ2v) is 2.90. The first-order valence-electron chi connectivity index (χ1n) is 4.15. The number of rotatable bonds is 1. The molecule has 0 saturated carbocycles. The van der Waals surface area contributed by atoms with Crippen LogP contribution in [-0.4, -0.2) is 17.0 Å². The summed E-state index contributed by atoms with van der Waals surface area (Å²) in [7, 11) is 0. The third kappa shape index (κ3) is 1.96. The fraction of sp³-hybridized carbons (Fsp3) is 0.333. The molecule has 0 N–H and O–H groups in total. The lowest BCUT2D eigenvalue weighted by Gasteiger charge is -2.01. The van der Waals surface area contributed by atoms with Gasteiger partial charge in [-0.1, -0.05) is 5.16 Å². The van der Waals surface area contributed by atoms with Gasteiger partial charge in [0.15, 0.2) is 0 Å². The molecule has 0 aliphatic carbocycles. The number of nitrogens with zero attached hydrogens (tertiary/aromatic N) is 2. The minimum atomic E-state index is 0.117. The summed E-state index contributed by atoms with van der Waals surface area (Å²) in [5.41, 5.74) is 0. The van der Waals surface area contributed by atoms with Crippen LogP contribution in [0.25, 0.3) is 0 Å². The number of aromatic nitrogens is 1. The Labute approximate surface area is 76.2 Å². The second kappa shape index (κ2) is 3.43. The van der Waals surface area contributed by atoms with Crippen molar-refractivity contribution in [2.45, 2.75) is 19.4 Å². The van der Waals surface area contributed by atoms with E-state index in [4.69, 9.17) is 9.57 Å². The molecule has 68 valence electrons. The molecule has 1 aliphatic rings. The molecule has 0 unspecified atom stereocenters. The van der Waals surface area contributed by atoms with Crippen molar-refractivity contribution < 1.29 is 9.57 Å². The summed E-state index contributed by atoms with van der Waals surface area (Å²) >= 11 is 0. The van der Waals surface area contributed by atoms with Crippen molar-refractivity contribution in [3.05, 3.63) is 24.5 Å². The van der Waals surface area contributed by atoms with Crippen LogP contribution in [0.1, 0.15) is 13.3 Å². The normalized spacial score (nSPS) is 20.7. The van der Waals surface area contributed by atoms with Crippen LogP contribution in [0.2, 0.25) is 0 Å². The van der Waals surface area contributed by atoms with Gasteiger partial charge in [0.05, 0.1) is 12.6 Å². The van der Waals surface area contributed by atoms with E-state index in [1.165, 1.54) is 0 Å². The van der Waals surface area contributed by atoms with Crippen LogP contribution in [0.5, 0.6) is 5.75 Å². The minimum absolute atomic E-state index is 0.117. The van der Waals surface area contributed by atoms with Crippen LogP contribution >= 0.6 is 0 Å². The number of ether oxygens (including phenoxy) is 1. The molecule has 0 bridgehead atoms. The van der Waals surface area contributed by atoms with Crippen molar-refractivity contribution >= 4 is 5.90 Å². The monoisotopic (exact) mass is 178 g/mol. The van der Waals surface area contributed by atoms with Crippen LogP contribution in [0.4, 0.5) is 0 Å². The average molecular weight is 178 g/mol. The van der Waals surface area contributed by atoms with E-state index in [9.17, 15) is 0 Å². The number of pyridine rings is 1. The van der Waals surface area contributed by atoms with Gasteiger partial charge in [-0.05, 0) is 19.1 Å². The maximum absolute atomic E-state index is 5.41. The van der Waals surface area contributed by atoms with E-state index in [2.05, 4.69) is 10.1 Å². The van der Waals surface area contributed by atoms with E-state index >= 15 is 0 Å². The summed E-state index contributed by atoms with van der Waals surface area (Å²) in [5, 5.41) is 3.78. The Morgan fingerprint density at radius 2 is 2.54 bits per heavy atom. The zero-order valence-corrected chi connectivity index (χ0v) is 7.30. The largest absolute Gasteiger partial charge is 0.438 e. The summed E-state index contributed by atoms with van der Waals surface area (Å²) in [6.07, 6.45) is 4.18. The van der Waals surface area contributed by atoms with Crippen molar-refractivity contribution in [2.75, 3.05) is 0 Å². The predicted octanol–water partition coefficient (Wildman–Crippen LogP) is 1.58. The molecule has 1 aromatic rings. The van der Waals surface area contributed by atoms with Gasteiger partial charge in [0.25, 0.3) is 0 Å². The molecular weight excluding hydrogens is 168 g/mol. The molecule has 0 spiro atoms. The molecule has 0 fully saturated rings. The molecular formula is C9H10N2O2. The highest BCUT2D eigenvalue weighted by Crippen LogP contribution is 2.14. The Hall–Kier alpha value is -1.58. The van der Waals surface area contributed by atoms with Gasteiger partial charge in [-0.15, -0.1) is 0 Å². The molecule has 0 amide bonds. The first kappa shape index (κ1) is 8.04. The highest BCUT2D eigenvalue weighted by molar-refractivity contribution is 5.79. The van der Waals surface area contributed by atoms with E-state index in [1.54, 1.807) is 12.4 Å². The van der Waals surface area contributed by atoms with Crippen molar-refractivity contribution in [1.29, 1.82) is 0 Å². The first-order valence-corrected chi connectivity index (χ1v) is 4.15. The topological polar surface area (TPSA) is 43.7 Å². The summed E-state index contributed by atoms with van der Waals surface area (Å²) in [6.45, 7) is 1.95. The molecule has 1 aromatic heterocycles. The summed E-state index contributed by atoms with van der Waals surface area (Å²) in [6, 6.07) is 3.65. The van der Waals surface area contributed by atoms with Gasteiger partial charge in [0, 0.05) is 6.20 Å². The van der Waals surface area contributed by atoms with Gasteiger partial charge in [0.1, 0.15) is 11.9 Å². The molecule has 0 saturated heterocycles. The fourth-order valence-electron chi connectivity index (χ4n) is 1.07. The Morgan fingerprint density at radius 1 is 1.62 bits per heavy atom. The lowest BCUT2D eigenvalue weighted by molar-refractivity contribution is 0.0992. The van der Waals surface area contributed by atoms with E-state index in [0.717, 1.165) is 6.42 Å². The number of hydrogen-bond donors (Lipinski definition) is 0. The lowest BCUT2D eigenvalue weighted by Crippen LogP contribution is -2.08. The Bertz CT molecular complexity index is 311. The van der Waals surface area contributed by atoms with E-state index in [1.807, 2.05) is 19.1 Å². The molecule has 1 aliphatic heterocycles. The van der Waals surface area contributed by atoms with Crippen LogP contribution < -0.4 is 4.74 Å². The Kier molecular flexibility index (Phi) is 2.12. The maximum Gasteiger partial charge on any atom is 0.235 e. The zero-order valence-electron chi connectivity index (χ0n) is 7.30. The average Bonchev–Trinajstić information content (AvgIpc) is 2.53. The molecule has 0 aromatic carbocycles. The van der Waals surface area contributed by atoms with E-state index < -0.39 is 0 Å². The SMILES string of the molecule is C[C@H]1CC(Oc2cccnc2)=NO1. The van der Waals surface area contributed by atoms with E-state index in [0.29, 0.717) is 11.6 Å². The number of oxime groups is 1. The molecule has 4 heteroatoms. The Morgan fingerprint density at radius 3 is 3.15 bits per heavy atom. The summed E-state index contributed by atoms with van der Waals surface area (Å²) in [4.78, 5) is 8.91. The van der Waals surface area contributed by atoms with Gasteiger partial charge < -0.3 is 9.57 Å². The summed E-state index contributed by atoms with van der Waals surface area (Å²) in [5.74, 6) is 1.31. The van der Waals surface area contributed by atoms with Crippen molar-refractivity contribution in [1.82, 2.24) is 4.98 Å². The standard InChI is InChI=1S/C9H10N2O2/c1-7-5-9(11-13-7)12-8-3-2-4-10-6-8/h2-4,6-7H,5H2,1H3/t7-/m0/s1. The molecule has 13 heavy (non-hydrogen) atoms. The van der Waals surface area contributed by atoms with Crippen molar-refractivity contribution in [3.63, 3.8) is 0 Å². The molecule has 0 radical (unpaired) electrons.